The van der Waals surface area contributed by atoms with Crippen LogP contribution in [0.5, 0.6) is 0 Å². The molecule has 0 aliphatic carbocycles. The summed E-state index contributed by atoms with van der Waals surface area (Å²) in [6.07, 6.45) is 2.44. The number of nitrogens with one attached hydrogen (secondary N) is 2. The summed E-state index contributed by atoms with van der Waals surface area (Å²) in [5, 5.41) is 3.21. The number of hydrogen-bond acceptors (Lipinski definition) is 3. The minimum Gasteiger partial charge on any atom is -0.363 e. The molecule has 18 heavy (non-hydrogen) atoms. The van der Waals surface area contributed by atoms with Gasteiger partial charge in [0.15, 0.2) is 0 Å². The van der Waals surface area contributed by atoms with Gasteiger partial charge in [-0.2, -0.15) is 0 Å². The molecule has 0 amide bonds. The number of H-pyrrole nitrogens is 1. The van der Waals surface area contributed by atoms with E-state index < -0.39 is 0 Å². The van der Waals surface area contributed by atoms with Crippen molar-refractivity contribution >= 4 is 5.82 Å². The second kappa shape index (κ2) is 5.49. The second-order valence-corrected chi connectivity index (χ2v) is 4.26. The van der Waals surface area contributed by atoms with Crippen LogP contribution in [0, 0.1) is 0 Å². The van der Waals surface area contributed by atoms with Gasteiger partial charge in [-0.1, -0.05) is 31.2 Å². The van der Waals surface area contributed by atoms with Gasteiger partial charge in [0.05, 0.1) is 6.33 Å². The van der Waals surface area contributed by atoms with Crippen LogP contribution in [0.2, 0.25) is 0 Å². The van der Waals surface area contributed by atoms with Gasteiger partial charge < -0.3 is 10.3 Å². The Balaban J connectivity index is 2.11. The summed E-state index contributed by atoms with van der Waals surface area (Å²) in [5.74, 6) is 0.589. The minimum absolute atomic E-state index is 0.116. The Morgan fingerprint density at radius 2 is 2.06 bits per heavy atom. The van der Waals surface area contributed by atoms with Crippen molar-refractivity contribution in [2.75, 3.05) is 5.32 Å². The van der Waals surface area contributed by atoms with E-state index in [0.717, 1.165) is 6.42 Å². The fraction of sp³-hybridized carbons (Fsp3) is 0.286. The van der Waals surface area contributed by atoms with E-state index >= 15 is 0 Å². The third-order valence-corrected chi connectivity index (χ3v) is 2.93. The Bertz CT molecular complexity index is 560. The average molecular weight is 243 g/mol. The number of hydrogen-bond donors (Lipinski definition) is 2. The molecule has 0 saturated carbocycles. The molecule has 0 aliphatic heterocycles. The minimum atomic E-state index is -0.152. The molecule has 2 aromatic rings. The van der Waals surface area contributed by atoms with Crippen molar-refractivity contribution in [2.45, 2.75) is 26.3 Å². The summed E-state index contributed by atoms with van der Waals surface area (Å²) in [4.78, 5) is 17.7. The van der Waals surface area contributed by atoms with Crippen molar-refractivity contribution in [2.24, 2.45) is 0 Å². The molecule has 94 valence electrons. The number of benzene rings is 1. The summed E-state index contributed by atoms with van der Waals surface area (Å²) in [7, 11) is 0. The molecule has 0 spiro atoms. The lowest BCUT2D eigenvalue weighted by molar-refractivity contribution is 0.868. The zero-order valence-corrected chi connectivity index (χ0v) is 10.6. The van der Waals surface area contributed by atoms with Crippen LogP contribution in [0.15, 0.2) is 41.5 Å². The molecule has 1 aromatic carbocycles. The lowest BCUT2D eigenvalue weighted by Gasteiger charge is -2.14. The van der Waals surface area contributed by atoms with Crippen LogP contribution >= 0.6 is 0 Å². The molecular formula is C14H17N3O. The normalized spacial score (nSPS) is 12.1. The fourth-order valence-corrected chi connectivity index (χ4v) is 1.79. The first-order valence-corrected chi connectivity index (χ1v) is 6.09. The zero-order chi connectivity index (χ0) is 13.0. The Labute approximate surface area is 106 Å². The second-order valence-electron chi connectivity index (χ2n) is 4.26. The van der Waals surface area contributed by atoms with Crippen LogP contribution in [-0.4, -0.2) is 9.97 Å². The summed E-state index contributed by atoms with van der Waals surface area (Å²) in [6, 6.07) is 10.0. The van der Waals surface area contributed by atoms with Gasteiger partial charge in [0.1, 0.15) is 5.82 Å². The van der Waals surface area contributed by atoms with Crippen molar-refractivity contribution in [3.05, 3.63) is 58.1 Å². The van der Waals surface area contributed by atoms with Crippen molar-refractivity contribution < 1.29 is 0 Å². The standard InChI is InChI=1S/C14H17N3O/c1-3-11-4-6-12(7-5-11)10(2)17-13-8-14(18)16-9-15-13/h4-10H,3H2,1-2H3,(H2,15,16,17,18). The quantitative estimate of drug-likeness (QED) is 0.867. The van der Waals surface area contributed by atoms with Crippen molar-refractivity contribution in [1.29, 1.82) is 0 Å². The molecule has 4 heteroatoms. The smallest absolute Gasteiger partial charge is 0.252 e. The molecule has 1 heterocycles. The first kappa shape index (κ1) is 12.4. The van der Waals surface area contributed by atoms with Crippen molar-refractivity contribution in [1.82, 2.24) is 9.97 Å². The van der Waals surface area contributed by atoms with Crippen LogP contribution in [-0.2, 0) is 6.42 Å². The lowest BCUT2D eigenvalue weighted by atomic mass is 10.1. The molecule has 1 aromatic heterocycles. The SMILES string of the molecule is CCc1ccc(C(C)Nc2cc(=O)[nH]cn2)cc1. The van der Waals surface area contributed by atoms with Gasteiger partial charge in [-0.05, 0) is 24.5 Å². The monoisotopic (exact) mass is 243 g/mol. The highest BCUT2D eigenvalue weighted by Gasteiger charge is 2.05. The van der Waals surface area contributed by atoms with Crippen LogP contribution in [0.25, 0.3) is 0 Å². The van der Waals surface area contributed by atoms with E-state index in [1.165, 1.54) is 23.5 Å². The number of aryl methyl sites for hydroxylation is 1. The van der Waals surface area contributed by atoms with E-state index in [9.17, 15) is 4.79 Å². The molecule has 0 fully saturated rings. The molecule has 4 nitrogen and oxygen atoms in total. The third kappa shape index (κ3) is 2.97. The Kier molecular flexibility index (Phi) is 3.77. The molecule has 0 bridgehead atoms. The maximum atomic E-state index is 11.2. The van der Waals surface area contributed by atoms with Crippen LogP contribution < -0.4 is 10.9 Å². The molecule has 1 atom stereocenters. The number of rotatable bonds is 4. The predicted octanol–water partition coefficient (Wildman–Crippen LogP) is 2.51. The third-order valence-electron chi connectivity index (χ3n) is 2.93. The first-order chi connectivity index (χ1) is 8.69. The van der Waals surface area contributed by atoms with Crippen LogP contribution in [0.4, 0.5) is 5.82 Å². The van der Waals surface area contributed by atoms with Gasteiger partial charge in [-0.25, -0.2) is 4.98 Å². The van der Waals surface area contributed by atoms with Crippen molar-refractivity contribution in [3.8, 4) is 0 Å². The van der Waals surface area contributed by atoms with E-state index in [2.05, 4.69) is 46.5 Å². The molecule has 0 aliphatic rings. The maximum absolute atomic E-state index is 11.2. The number of aromatic nitrogens is 2. The van der Waals surface area contributed by atoms with Gasteiger partial charge in [0.25, 0.3) is 5.56 Å². The molecule has 1 unspecified atom stereocenters. The van der Waals surface area contributed by atoms with E-state index in [0.29, 0.717) is 5.82 Å². The maximum Gasteiger partial charge on any atom is 0.252 e. The van der Waals surface area contributed by atoms with E-state index in [1.54, 1.807) is 0 Å². The highest BCUT2D eigenvalue weighted by atomic mass is 16.1. The van der Waals surface area contributed by atoms with Gasteiger partial charge in [-0.3, -0.25) is 4.79 Å². The molecule has 2 rings (SSSR count). The van der Waals surface area contributed by atoms with Gasteiger partial charge in [0.2, 0.25) is 0 Å². The number of anilines is 1. The van der Waals surface area contributed by atoms with Crippen LogP contribution in [0.1, 0.15) is 31.0 Å². The summed E-state index contributed by atoms with van der Waals surface area (Å²) < 4.78 is 0. The van der Waals surface area contributed by atoms with E-state index in [1.807, 2.05) is 6.92 Å². The van der Waals surface area contributed by atoms with Gasteiger partial charge >= 0.3 is 0 Å². The van der Waals surface area contributed by atoms with Crippen molar-refractivity contribution in [3.63, 3.8) is 0 Å². The Hall–Kier alpha value is -2.10. The highest BCUT2D eigenvalue weighted by molar-refractivity contribution is 5.37. The van der Waals surface area contributed by atoms with Gasteiger partial charge in [0, 0.05) is 12.1 Å². The lowest BCUT2D eigenvalue weighted by Crippen LogP contribution is -2.12. The molecule has 0 radical (unpaired) electrons. The Morgan fingerprint density at radius 3 is 2.67 bits per heavy atom. The Morgan fingerprint density at radius 1 is 1.33 bits per heavy atom. The molecule has 2 N–H and O–H groups in total. The zero-order valence-electron chi connectivity index (χ0n) is 10.6. The fourth-order valence-electron chi connectivity index (χ4n) is 1.79. The average Bonchev–Trinajstić information content (AvgIpc) is 2.39. The largest absolute Gasteiger partial charge is 0.363 e. The van der Waals surface area contributed by atoms with E-state index in [4.69, 9.17) is 0 Å². The topological polar surface area (TPSA) is 57.8 Å². The summed E-state index contributed by atoms with van der Waals surface area (Å²) in [5.41, 5.74) is 2.34. The molecular weight excluding hydrogens is 226 g/mol. The van der Waals surface area contributed by atoms with Crippen LogP contribution in [0.3, 0.4) is 0 Å². The first-order valence-electron chi connectivity index (χ1n) is 6.09. The van der Waals surface area contributed by atoms with E-state index in [-0.39, 0.29) is 11.6 Å². The number of aromatic amines is 1. The summed E-state index contributed by atoms with van der Waals surface area (Å²) >= 11 is 0. The molecule has 0 saturated heterocycles. The summed E-state index contributed by atoms with van der Waals surface area (Å²) in [6.45, 7) is 4.18. The highest BCUT2D eigenvalue weighted by Crippen LogP contribution is 2.17. The van der Waals surface area contributed by atoms with Gasteiger partial charge in [-0.15, -0.1) is 0 Å². The predicted molar refractivity (Wildman–Crippen MR) is 72.7 cm³/mol. The number of nitrogens with zero attached hydrogens (tertiary/aromatic N) is 1.